The van der Waals surface area contributed by atoms with Gasteiger partial charge in [-0.15, -0.1) is 0 Å². The number of aliphatic imine (C=N–C) groups is 1. The van der Waals surface area contributed by atoms with Crippen molar-refractivity contribution in [3.8, 4) is 0 Å². The Labute approximate surface area is 155 Å². The first-order valence-corrected chi connectivity index (χ1v) is 8.90. The van der Waals surface area contributed by atoms with E-state index in [1.165, 1.54) is 6.92 Å². The zero-order valence-corrected chi connectivity index (χ0v) is 16.1. The fraction of sp³-hybridized carbons (Fsp3) is 0.476. The van der Waals surface area contributed by atoms with Gasteiger partial charge < -0.3 is 4.90 Å². The van der Waals surface area contributed by atoms with Crippen molar-refractivity contribution in [2.45, 2.75) is 45.7 Å². The van der Waals surface area contributed by atoms with Crippen LogP contribution in [-0.2, 0) is 0 Å². The largest absolute Gasteiger partial charge is 0.353 e. The first kappa shape index (κ1) is 20.3. The molecule has 0 amide bonds. The van der Waals surface area contributed by atoms with Crippen molar-refractivity contribution in [2.24, 2.45) is 10.4 Å². The fourth-order valence-corrected chi connectivity index (χ4v) is 3.12. The maximum Gasteiger partial charge on any atom is 0.160 e. The number of hydrogen-bond donors (Lipinski definition) is 1. The third-order valence-electron chi connectivity index (χ3n) is 4.96. The number of rotatable bonds is 7. The summed E-state index contributed by atoms with van der Waals surface area (Å²) in [6.45, 7) is 13.8. The number of nitrogens with one attached hydrogen (secondary N) is 1. The molecule has 0 saturated carbocycles. The molecule has 1 aliphatic heterocycles. The van der Waals surface area contributed by atoms with Gasteiger partial charge in [-0.2, -0.15) is 0 Å². The minimum atomic E-state index is -1.15. The van der Waals surface area contributed by atoms with E-state index in [4.69, 9.17) is 0 Å². The number of allylic oxidation sites excluding steroid dienone is 1. The molecule has 1 heterocycles. The summed E-state index contributed by atoms with van der Waals surface area (Å²) in [4.78, 5) is 6.33. The van der Waals surface area contributed by atoms with Gasteiger partial charge in [0.15, 0.2) is 6.17 Å². The molecule has 3 atom stereocenters. The average Bonchev–Trinajstić information content (AvgIpc) is 2.88. The molecule has 1 fully saturated rings. The summed E-state index contributed by atoms with van der Waals surface area (Å²) in [7, 11) is 1.85. The van der Waals surface area contributed by atoms with Crippen LogP contribution in [0.2, 0.25) is 0 Å². The maximum absolute atomic E-state index is 14.6. The highest BCUT2D eigenvalue weighted by molar-refractivity contribution is 5.90. The third-order valence-corrected chi connectivity index (χ3v) is 4.96. The Kier molecular flexibility index (Phi) is 6.34. The smallest absolute Gasteiger partial charge is 0.160 e. The van der Waals surface area contributed by atoms with Gasteiger partial charge >= 0.3 is 0 Å². The Morgan fingerprint density at radius 2 is 1.96 bits per heavy atom. The van der Waals surface area contributed by atoms with E-state index < -0.39 is 17.9 Å². The van der Waals surface area contributed by atoms with Crippen molar-refractivity contribution < 1.29 is 8.78 Å². The minimum Gasteiger partial charge on any atom is -0.353 e. The van der Waals surface area contributed by atoms with Gasteiger partial charge in [-0.3, -0.25) is 5.32 Å². The molecule has 26 heavy (non-hydrogen) atoms. The second-order valence-corrected chi connectivity index (χ2v) is 7.52. The average molecular weight is 361 g/mol. The summed E-state index contributed by atoms with van der Waals surface area (Å²) >= 11 is 0. The van der Waals surface area contributed by atoms with E-state index in [9.17, 15) is 8.78 Å². The molecule has 1 aromatic carbocycles. The van der Waals surface area contributed by atoms with Crippen LogP contribution in [0.25, 0.3) is 0 Å². The predicted octanol–water partition coefficient (Wildman–Crippen LogP) is 4.80. The molecule has 142 valence electrons. The molecule has 0 bridgehead atoms. The van der Waals surface area contributed by atoms with E-state index in [1.54, 1.807) is 0 Å². The summed E-state index contributed by atoms with van der Waals surface area (Å²) < 4.78 is 27.7. The van der Waals surface area contributed by atoms with Crippen molar-refractivity contribution in [2.75, 3.05) is 13.6 Å². The summed E-state index contributed by atoms with van der Waals surface area (Å²) in [6, 6.07) is 9.80. The molecule has 0 radical (unpaired) electrons. The number of amidine groups is 1. The number of nitrogens with zero attached hydrogens (tertiary/aromatic N) is 2. The molecule has 0 aliphatic carbocycles. The molecule has 1 aliphatic rings. The van der Waals surface area contributed by atoms with Gasteiger partial charge in [-0.25, -0.2) is 13.8 Å². The number of benzene rings is 1. The molecule has 3 unspecified atom stereocenters. The lowest BCUT2D eigenvalue weighted by atomic mass is 9.83. The normalized spacial score (nSPS) is 23.3. The van der Waals surface area contributed by atoms with Crippen molar-refractivity contribution in [3.63, 3.8) is 0 Å². The van der Waals surface area contributed by atoms with Crippen LogP contribution in [0.5, 0.6) is 0 Å². The standard InChI is InChI=1S/C21H29F2N3/c1-14(21(4,5)13-24-16(3)22)15(2)25-20-18(23)12-19(26(20)6)17-10-8-7-9-11-17/h7-11,16,18-19,24H,1-2,12-13H2,3-6H3/b25-20-. The number of likely N-dealkylation sites (tertiary alicyclic amines) is 1. The molecular formula is C21H29F2N3. The predicted molar refractivity (Wildman–Crippen MR) is 105 cm³/mol. The summed E-state index contributed by atoms with van der Waals surface area (Å²) in [6.07, 6.45) is -1.89. The number of halogens is 2. The third kappa shape index (κ3) is 4.58. The van der Waals surface area contributed by atoms with Gasteiger partial charge in [-0.1, -0.05) is 57.3 Å². The Bertz CT molecular complexity index is 680. The molecule has 0 aromatic heterocycles. The SMILES string of the molecule is C=C(/N=C1/C(F)CC(c2ccccc2)N1C)C(=C)C(C)(C)CNC(C)F. The maximum atomic E-state index is 14.6. The molecule has 3 nitrogen and oxygen atoms in total. The van der Waals surface area contributed by atoms with Crippen molar-refractivity contribution >= 4 is 5.84 Å². The summed E-state index contributed by atoms with van der Waals surface area (Å²) in [5.74, 6) is 0.368. The summed E-state index contributed by atoms with van der Waals surface area (Å²) in [5.41, 5.74) is 1.72. The van der Waals surface area contributed by atoms with Crippen molar-refractivity contribution in [1.82, 2.24) is 10.2 Å². The highest BCUT2D eigenvalue weighted by atomic mass is 19.1. The number of hydrogen-bond acceptors (Lipinski definition) is 2. The van der Waals surface area contributed by atoms with Crippen molar-refractivity contribution in [3.05, 3.63) is 60.3 Å². The van der Waals surface area contributed by atoms with Crippen LogP contribution in [0.3, 0.4) is 0 Å². The molecule has 0 spiro atoms. The molecule has 1 aromatic rings. The van der Waals surface area contributed by atoms with E-state index in [0.717, 1.165) is 5.56 Å². The van der Waals surface area contributed by atoms with Gasteiger partial charge in [0, 0.05) is 25.4 Å². The van der Waals surface area contributed by atoms with E-state index >= 15 is 0 Å². The minimum absolute atomic E-state index is 0.0481. The van der Waals surface area contributed by atoms with Crippen LogP contribution in [0, 0.1) is 5.41 Å². The quantitative estimate of drug-likeness (QED) is 0.558. The molecule has 1 N–H and O–H groups in total. The van der Waals surface area contributed by atoms with Crippen LogP contribution in [0.1, 0.15) is 38.8 Å². The van der Waals surface area contributed by atoms with E-state index in [0.29, 0.717) is 30.1 Å². The first-order valence-electron chi connectivity index (χ1n) is 8.90. The second-order valence-electron chi connectivity index (χ2n) is 7.52. The highest BCUT2D eigenvalue weighted by Gasteiger charge is 2.37. The Hall–Kier alpha value is -2.01. The molecular weight excluding hydrogens is 332 g/mol. The van der Waals surface area contributed by atoms with Gasteiger partial charge in [-0.05, 0) is 18.1 Å². The van der Waals surface area contributed by atoms with Gasteiger partial charge in [0.25, 0.3) is 0 Å². The number of alkyl halides is 2. The Balaban J connectivity index is 2.15. The lowest BCUT2D eigenvalue weighted by molar-refractivity contribution is 0.263. The van der Waals surface area contributed by atoms with Gasteiger partial charge in [0.1, 0.15) is 12.1 Å². The molecule has 5 heteroatoms. The molecule has 1 saturated heterocycles. The zero-order chi connectivity index (χ0) is 19.5. The van der Waals surface area contributed by atoms with Gasteiger partial charge in [0.05, 0.1) is 11.7 Å². The van der Waals surface area contributed by atoms with Crippen LogP contribution >= 0.6 is 0 Å². The monoisotopic (exact) mass is 361 g/mol. The van der Waals surface area contributed by atoms with E-state index in [2.05, 4.69) is 23.5 Å². The van der Waals surface area contributed by atoms with Crippen LogP contribution in [0.4, 0.5) is 8.78 Å². The zero-order valence-electron chi connectivity index (χ0n) is 16.1. The Morgan fingerprint density at radius 3 is 2.54 bits per heavy atom. The van der Waals surface area contributed by atoms with Crippen LogP contribution in [0.15, 0.2) is 59.8 Å². The topological polar surface area (TPSA) is 27.6 Å². The lowest BCUT2D eigenvalue weighted by Gasteiger charge is -2.29. The summed E-state index contributed by atoms with van der Waals surface area (Å²) in [5, 5.41) is 2.76. The van der Waals surface area contributed by atoms with Crippen LogP contribution < -0.4 is 5.32 Å². The van der Waals surface area contributed by atoms with E-state index in [1.807, 2.05) is 56.1 Å². The van der Waals surface area contributed by atoms with Crippen LogP contribution in [-0.4, -0.2) is 36.8 Å². The highest BCUT2D eigenvalue weighted by Crippen LogP contribution is 2.36. The van der Waals surface area contributed by atoms with E-state index in [-0.39, 0.29) is 6.04 Å². The molecule has 2 rings (SSSR count). The fourth-order valence-electron chi connectivity index (χ4n) is 3.12. The lowest BCUT2D eigenvalue weighted by Crippen LogP contribution is -2.35. The Morgan fingerprint density at radius 1 is 1.35 bits per heavy atom. The second kappa shape index (κ2) is 8.12. The van der Waals surface area contributed by atoms with Crippen molar-refractivity contribution in [1.29, 1.82) is 0 Å². The van der Waals surface area contributed by atoms with Gasteiger partial charge in [0.2, 0.25) is 0 Å². The first-order chi connectivity index (χ1) is 12.1.